The molecule has 18 heavy (non-hydrogen) atoms. The van der Waals surface area contributed by atoms with E-state index in [-0.39, 0.29) is 0 Å². The fourth-order valence-corrected chi connectivity index (χ4v) is 3.11. The Hall–Kier alpha value is -1.02. The van der Waals surface area contributed by atoms with Gasteiger partial charge in [0.15, 0.2) is 0 Å². The Labute approximate surface area is 114 Å². The largest absolute Gasteiger partial charge is 0.496 e. The van der Waals surface area contributed by atoms with E-state index in [0.717, 1.165) is 15.7 Å². The van der Waals surface area contributed by atoms with Gasteiger partial charge in [0.25, 0.3) is 0 Å². The first-order valence-electron chi connectivity index (χ1n) is 5.26. The van der Waals surface area contributed by atoms with Crippen molar-refractivity contribution in [1.29, 1.82) is 0 Å². The second kappa shape index (κ2) is 6.24. The van der Waals surface area contributed by atoms with Crippen LogP contribution in [0.25, 0.3) is 0 Å². The Balaban J connectivity index is 2.16. The summed E-state index contributed by atoms with van der Waals surface area (Å²) in [7, 11) is 0.140. The van der Waals surface area contributed by atoms with Crippen LogP contribution >= 0.6 is 23.1 Å². The number of thioether (sulfide) groups is 1. The predicted molar refractivity (Wildman–Crippen MR) is 74.5 cm³/mol. The van der Waals surface area contributed by atoms with Crippen LogP contribution in [0.1, 0.15) is 5.56 Å². The zero-order valence-electron chi connectivity index (χ0n) is 9.74. The van der Waals surface area contributed by atoms with Crippen LogP contribution in [0, 0.1) is 0 Å². The van der Waals surface area contributed by atoms with Crippen LogP contribution in [0.15, 0.2) is 34.1 Å². The molecule has 0 saturated heterocycles. The summed E-state index contributed by atoms with van der Waals surface area (Å²) in [5, 5.41) is 20.2. The van der Waals surface area contributed by atoms with E-state index in [1.165, 1.54) is 0 Å². The minimum atomic E-state index is -1.46. The standard InChI is InChI=1S/C11H12BNO3S2/c1-16-10-3-2-9(12(14)15)6-8(10)7-18-11-13-4-5-17-11/h2-6,14-15H,7H2,1H3. The van der Waals surface area contributed by atoms with Gasteiger partial charge in [-0.15, -0.1) is 11.3 Å². The van der Waals surface area contributed by atoms with E-state index in [1.807, 2.05) is 5.38 Å². The summed E-state index contributed by atoms with van der Waals surface area (Å²) >= 11 is 3.17. The van der Waals surface area contributed by atoms with Crippen LogP contribution in [0.2, 0.25) is 0 Å². The first kappa shape index (κ1) is 13.4. The summed E-state index contributed by atoms with van der Waals surface area (Å²) in [6.45, 7) is 0. The molecule has 0 aliphatic heterocycles. The first-order chi connectivity index (χ1) is 8.70. The lowest BCUT2D eigenvalue weighted by Crippen LogP contribution is -2.30. The molecule has 0 unspecified atom stereocenters. The maximum Gasteiger partial charge on any atom is 0.488 e. The minimum absolute atomic E-state index is 0.463. The van der Waals surface area contributed by atoms with Crippen molar-refractivity contribution < 1.29 is 14.8 Å². The second-order valence-corrected chi connectivity index (χ2v) is 5.65. The Morgan fingerprint density at radius 1 is 1.44 bits per heavy atom. The highest BCUT2D eigenvalue weighted by Gasteiger charge is 2.14. The van der Waals surface area contributed by atoms with Crippen LogP contribution in [-0.4, -0.2) is 29.3 Å². The third-order valence-corrected chi connectivity index (χ3v) is 4.38. The maximum absolute atomic E-state index is 9.16. The smallest absolute Gasteiger partial charge is 0.488 e. The van der Waals surface area contributed by atoms with Gasteiger partial charge in [-0.3, -0.25) is 0 Å². The van der Waals surface area contributed by atoms with E-state index in [0.29, 0.717) is 11.2 Å². The topological polar surface area (TPSA) is 62.6 Å². The van der Waals surface area contributed by atoms with Crippen molar-refractivity contribution in [1.82, 2.24) is 4.98 Å². The number of hydrogen-bond acceptors (Lipinski definition) is 6. The number of ether oxygens (including phenoxy) is 1. The summed E-state index contributed by atoms with van der Waals surface area (Å²) in [5.41, 5.74) is 1.38. The van der Waals surface area contributed by atoms with E-state index in [9.17, 15) is 0 Å². The van der Waals surface area contributed by atoms with Crippen molar-refractivity contribution in [3.05, 3.63) is 35.3 Å². The number of hydrogen-bond donors (Lipinski definition) is 2. The Kier molecular flexibility index (Phi) is 4.65. The number of rotatable bonds is 5. The summed E-state index contributed by atoms with van der Waals surface area (Å²) < 4.78 is 6.24. The molecule has 0 aliphatic rings. The van der Waals surface area contributed by atoms with Crippen molar-refractivity contribution in [2.75, 3.05) is 7.11 Å². The van der Waals surface area contributed by atoms with E-state index < -0.39 is 7.12 Å². The van der Waals surface area contributed by atoms with E-state index in [4.69, 9.17) is 14.8 Å². The molecular formula is C11H12BNO3S2. The Morgan fingerprint density at radius 3 is 2.89 bits per heavy atom. The van der Waals surface area contributed by atoms with Crippen molar-refractivity contribution in [3.63, 3.8) is 0 Å². The average molecular weight is 281 g/mol. The molecule has 0 atom stereocenters. The highest BCUT2D eigenvalue weighted by atomic mass is 32.2. The zero-order chi connectivity index (χ0) is 13.0. The van der Waals surface area contributed by atoms with Crippen LogP contribution in [0.4, 0.5) is 0 Å². The summed E-state index contributed by atoms with van der Waals surface area (Å²) in [4.78, 5) is 4.19. The fraction of sp³-hybridized carbons (Fsp3) is 0.182. The van der Waals surface area contributed by atoms with Gasteiger partial charge in [0, 0.05) is 22.9 Å². The van der Waals surface area contributed by atoms with Gasteiger partial charge in [-0.2, -0.15) is 0 Å². The van der Waals surface area contributed by atoms with E-state index >= 15 is 0 Å². The van der Waals surface area contributed by atoms with Gasteiger partial charge in [0.05, 0.1) is 7.11 Å². The molecule has 0 aliphatic carbocycles. The Bertz CT molecular complexity index is 505. The monoisotopic (exact) mass is 281 g/mol. The molecule has 2 aromatic rings. The summed E-state index contributed by atoms with van der Waals surface area (Å²) in [6, 6.07) is 5.12. The van der Waals surface area contributed by atoms with Gasteiger partial charge in [0.2, 0.25) is 0 Å². The van der Waals surface area contributed by atoms with Gasteiger partial charge in [0.1, 0.15) is 10.1 Å². The van der Waals surface area contributed by atoms with Gasteiger partial charge in [-0.25, -0.2) is 4.98 Å². The molecule has 0 saturated carbocycles. The van der Waals surface area contributed by atoms with Crippen molar-refractivity contribution in [2.24, 2.45) is 0 Å². The van der Waals surface area contributed by atoms with Crippen molar-refractivity contribution in [2.45, 2.75) is 10.1 Å². The van der Waals surface area contributed by atoms with Gasteiger partial charge in [-0.1, -0.05) is 23.9 Å². The minimum Gasteiger partial charge on any atom is -0.496 e. The van der Waals surface area contributed by atoms with Crippen LogP contribution in [0.3, 0.4) is 0 Å². The number of benzene rings is 1. The molecule has 94 valence electrons. The molecule has 7 heteroatoms. The number of methoxy groups -OCH3 is 1. The average Bonchev–Trinajstić information content (AvgIpc) is 2.89. The molecule has 1 heterocycles. The third-order valence-electron chi connectivity index (χ3n) is 2.36. The zero-order valence-corrected chi connectivity index (χ0v) is 11.4. The summed E-state index contributed by atoms with van der Waals surface area (Å²) in [5.74, 6) is 1.42. The van der Waals surface area contributed by atoms with Gasteiger partial charge < -0.3 is 14.8 Å². The third kappa shape index (κ3) is 3.26. The van der Waals surface area contributed by atoms with E-state index in [1.54, 1.807) is 54.6 Å². The molecule has 0 fully saturated rings. The molecule has 4 nitrogen and oxygen atoms in total. The number of thiazole rings is 1. The lowest BCUT2D eigenvalue weighted by atomic mass is 9.79. The van der Waals surface area contributed by atoms with Crippen LogP contribution < -0.4 is 10.2 Å². The highest BCUT2D eigenvalue weighted by Crippen LogP contribution is 2.28. The quantitative estimate of drug-likeness (QED) is 0.635. The lowest BCUT2D eigenvalue weighted by molar-refractivity contribution is 0.410. The molecule has 0 amide bonds. The number of nitrogens with zero attached hydrogens (tertiary/aromatic N) is 1. The molecule has 1 aromatic carbocycles. The second-order valence-electron chi connectivity index (χ2n) is 3.53. The molecular weight excluding hydrogens is 269 g/mol. The molecule has 0 bridgehead atoms. The molecule has 0 spiro atoms. The van der Waals surface area contributed by atoms with Crippen molar-refractivity contribution in [3.8, 4) is 5.75 Å². The molecule has 0 radical (unpaired) electrons. The lowest BCUT2D eigenvalue weighted by Gasteiger charge is -2.09. The molecule has 2 rings (SSSR count). The van der Waals surface area contributed by atoms with Crippen LogP contribution in [0.5, 0.6) is 5.75 Å². The Morgan fingerprint density at radius 2 is 2.28 bits per heavy atom. The van der Waals surface area contributed by atoms with Gasteiger partial charge in [-0.05, 0) is 11.5 Å². The van der Waals surface area contributed by atoms with E-state index in [2.05, 4.69) is 4.98 Å². The van der Waals surface area contributed by atoms with Gasteiger partial charge >= 0.3 is 7.12 Å². The SMILES string of the molecule is COc1ccc(B(O)O)cc1CSc1nccs1. The fourth-order valence-electron chi connectivity index (χ4n) is 1.49. The summed E-state index contributed by atoms with van der Waals surface area (Å²) in [6.07, 6.45) is 1.76. The highest BCUT2D eigenvalue weighted by molar-refractivity contribution is 8.00. The van der Waals surface area contributed by atoms with Crippen molar-refractivity contribution >= 4 is 35.7 Å². The van der Waals surface area contributed by atoms with Crippen LogP contribution in [-0.2, 0) is 5.75 Å². The maximum atomic E-state index is 9.16. The molecule has 2 N–H and O–H groups in total. The normalized spacial score (nSPS) is 10.4. The molecule has 1 aromatic heterocycles. The first-order valence-corrected chi connectivity index (χ1v) is 7.12. The number of aromatic nitrogens is 1. The predicted octanol–water partition coefficient (Wildman–Crippen LogP) is 1.12.